The molecule has 7 nitrogen and oxygen atoms in total. The summed E-state index contributed by atoms with van der Waals surface area (Å²) in [5.74, 6) is -1.94. The van der Waals surface area contributed by atoms with E-state index >= 15 is 0 Å². The zero-order valence-electron chi connectivity index (χ0n) is 11.4. The van der Waals surface area contributed by atoms with Crippen molar-refractivity contribution in [3.63, 3.8) is 0 Å². The number of hydrogen-bond donors (Lipinski definition) is 2. The highest BCUT2D eigenvalue weighted by Gasteiger charge is 2.18. The number of aliphatic carboxylic acids is 1. The fourth-order valence-electron chi connectivity index (χ4n) is 1.29. The van der Waals surface area contributed by atoms with Gasteiger partial charge in [-0.3, -0.25) is 20.0 Å². The normalized spacial score (nSPS) is 11.3. The van der Waals surface area contributed by atoms with Crippen molar-refractivity contribution in [2.45, 2.75) is 13.8 Å². The van der Waals surface area contributed by atoms with Gasteiger partial charge in [0, 0.05) is 36.3 Å². The van der Waals surface area contributed by atoms with Gasteiger partial charge in [0.05, 0.1) is 0 Å². The summed E-state index contributed by atoms with van der Waals surface area (Å²) in [6, 6.07) is 2.56. The zero-order valence-corrected chi connectivity index (χ0v) is 11.4. The van der Waals surface area contributed by atoms with Crippen molar-refractivity contribution in [1.29, 1.82) is 0 Å². The topological polar surface area (TPSA) is 99.6 Å². The largest absolute Gasteiger partial charge is 0.478 e. The Kier molecular flexibility index (Phi) is 4.96. The van der Waals surface area contributed by atoms with Crippen molar-refractivity contribution in [2.75, 3.05) is 11.9 Å². The number of carboxylic acid groups (broad SMARTS) is 1. The van der Waals surface area contributed by atoms with Crippen LogP contribution in [-0.4, -0.2) is 35.0 Å². The van der Waals surface area contributed by atoms with Crippen molar-refractivity contribution in [1.82, 2.24) is 10.3 Å². The smallest absolute Gasteiger partial charge is 0.331 e. The first kappa shape index (κ1) is 15.4. The van der Waals surface area contributed by atoms with Gasteiger partial charge in [-0.1, -0.05) is 0 Å². The van der Waals surface area contributed by atoms with E-state index in [1.807, 2.05) is 0 Å². The van der Waals surface area contributed by atoms with Gasteiger partial charge in [0.15, 0.2) is 0 Å². The molecule has 0 atom stereocenters. The van der Waals surface area contributed by atoms with Crippen LogP contribution in [0, 0.1) is 0 Å². The summed E-state index contributed by atoms with van der Waals surface area (Å²) in [5, 5.41) is 10.9. The number of nitrogens with one attached hydrogen (secondary N) is 1. The maximum Gasteiger partial charge on any atom is 0.331 e. The van der Waals surface area contributed by atoms with E-state index in [0.29, 0.717) is 5.69 Å². The van der Waals surface area contributed by atoms with E-state index in [1.165, 1.54) is 38.2 Å². The molecule has 3 amide bonds. The number of carbonyl (C=O) groups excluding carboxylic acids is 2. The molecule has 106 valence electrons. The lowest BCUT2D eigenvalue weighted by Crippen LogP contribution is -2.41. The Bertz CT molecular complexity index is 566. The molecule has 2 N–H and O–H groups in total. The molecule has 7 heteroatoms. The fraction of sp³-hybridized carbons (Fsp3) is 0.231. The van der Waals surface area contributed by atoms with Gasteiger partial charge in [-0.25, -0.2) is 9.59 Å². The Labute approximate surface area is 115 Å². The second-order valence-corrected chi connectivity index (χ2v) is 4.08. The first-order valence-electron chi connectivity index (χ1n) is 5.74. The van der Waals surface area contributed by atoms with Gasteiger partial charge in [0.1, 0.15) is 0 Å². The summed E-state index contributed by atoms with van der Waals surface area (Å²) >= 11 is 0. The van der Waals surface area contributed by atoms with Crippen molar-refractivity contribution < 1.29 is 19.5 Å². The molecule has 1 aromatic heterocycles. The van der Waals surface area contributed by atoms with E-state index in [0.717, 1.165) is 0 Å². The third-order valence-corrected chi connectivity index (χ3v) is 2.80. The molecule has 0 radical (unpaired) electrons. The van der Waals surface area contributed by atoms with Gasteiger partial charge < -0.3 is 5.11 Å². The van der Waals surface area contributed by atoms with Crippen molar-refractivity contribution in [3.05, 3.63) is 35.7 Å². The Balaban J connectivity index is 2.79. The Hall–Kier alpha value is -2.70. The average molecular weight is 277 g/mol. The summed E-state index contributed by atoms with van der Waals surface area (Å²) in [6.45, 7) is 2.65. The Morgan fingerprint density at radius 3 is 2.20 bits per heavy atom. The van der Waals surface area contributed by atoms with Crippen LogP contribution in [0.25, 0.3) is 0 Å². The highest BCUT2D eigenvalue weighted by molar-refractivity contribution is 6.10. The quantitative estimate of drug-likeness (QED) is 0.808. The average Bonchev–Trinajstić information content (AvgIpc) is 2.45. The molecule has 0 aliphatic heterocycles. The molecule has 0 aliphatic carbocycles. The van der Waals surface area contributed by atoms with Crippen LogP contribution < -0.4 is 10.2 Å². The first-order chi connectivity index (χ1) is 9.34. The second kappa shape index (κ2) is 6.46. The minimum Gasteiger partial charge on any atom is -0.478 e. The number of carbonyl (C=O) groups is 3. The van der Waals surface area contributed by atoms with E-state index in [-0.39, 0.29) is 11.1 Å². The number of amides is 3. The van der Waals surface area contributed by atoms with Crippen LogP contribution in [0.3, 0.4) is 0 Å². The fourth-order valence-corrected chi connectivity index (χ4v) is 1.29. The third kappa shape index (κ3) is 3.64. The lowest BCUT2D eigenvalue weighted by Gasteiger charge is -2.17. The summed E-state index contributed by atoms with van der Waals surface area (Å²) in [5.41, 5.74) is 0.428. The Morgan fingerprint density at radius 2 is 1.70 bits per heavy atom. The molecule has 0 saturated heterocycles. The summed E-state index contributed by atoms with van der Waals surface area (Å²) < 4.78 is 0. The highest BCUT2D eigenvalue weighted by atomic mass is 16.4. The highest BCUT2D eigenvalue weighted by Crippen LogP contribution is 2.10. The maximum atomic E-state index is 11.9. The van der Waals surface area contributed by atoms with E-state index in [9.17, 15) is 14.4 Å². The van der Waals surface area contributed by atoms with Gasteiger partial charge in [-0.15, -0.1) is 0 Å². The summed E-state index contributed by atoms with van der Waals surface area (Å²) in [6.07, 6.45) is 3.03. The maximum absolute atomic E-state index is 11.9. The van der Waals surface area contributed by atoms with Gasteiger partial charge in [-0.05, 0) is 26.0 Å². The summed E-state index contributed by atoms with van der Waals surface area (Å²) in [4.78, 5) is 39.4. The van der Waals surface area contributed by atoms with Crippen LogP contribution in [-0.2, 0) is 9.59 Å². The van der Waals surface area contributed by atoms with Crippen LogP contribution >= 0.6 is 0 Å². The predicted octanol–water partition coefficient (Wildman–Crippen LogP) is 1.18. The molecular weight excluding hydrogens is 262 g/mol. The molecular formula is C13H15N3O4. The van der Waals surface area contributed by atoms with Crippen molar-refractivity contribution >= 4 is 23.6 Å². The van der Waals surface area contributed by atoms with Gasteiger partial charge in [0.2, 0.25) is 0 Å². The first-order valence-corrected chi connectivity index (χ1v) is 5.74. The van der Waals surface area contributed by atoms with Gasteiger partial charge in [-0.2, -0.15) is 0 Å². The molecule has 1 rings (SSSR count). The number of aromatic nitrogens is 1. The molecule has 1 heterocycles. The van der Waals surface area contributed by atoms with Crippen molar-refractivity contribution in [3.8, 4) is 0 Å². The van der Waals surface area contributed by atoms with E-state index in [1.54, 1.807) is 12.1 Å². The SMILES string of the molecule is C/C(C(=O)O)=C(\C)C(=O)NC(=O)N(C)c1ccncc1. The number of nitrogens with zero attached hydrogens (tertiary/aromatic N) is 2. The Morgan fingerprint density at radius 1 is 1.15 bits per heavy atom. The lowest BCUT2D eigenvalue weighted by molar-refractivity contribution is -0.133. The van der Waals surface area contributed by atoms with E-state index in [2.05, 4.69) is 10.3 Å². The van der Waals surface area contributed by atoms with Crippen molar-refractivity contribution in [2.24, 2.45) is 0 Å². The standard InChI is InChI=1S/C13H15N3O4/c1-8(9(2)12(18)19)11(17)15-13(20)16(3)10-4-6-14-7-5-10/h4-7H,1-3H3,(H,18,19)(H,15,17,20)/b9-8-. The number of carboxylic acids is 1. The second-order valence-electron chi connectivity index (χ2n) is 4.08. The molecule has 1 aromatic rings. The zero-order chi connectivity index (χ0) is 15.3. The number of imide groups is 1. The molecule has 0 aliphatic rings. The number of urea groups is 1. The molecule has 0 bridgehead atoms. The van der Waals surface area contributed by atoms with Crippen LogP contribution in [0.15, 0.2) is 35.7 Å². The number of rotatable bonds is 3. The molecule has 0 saturated carbocycles. The van der Waals surface area contributed by atoms with Crippen LogP contribution in [0.5, 0.6) is 0 Å². The van der Waals surface area contributed by atoms with E-state index in [4.69, 9.17) is 5.11 Å². The molecule has 0 spiro atoms. The minimum atomic E-state index is -1.20. The van der Waals surface area contributed by atoms with E-state index < -0.39 is 17.9 Å². The molecule has 20 heavy (non-hydrogen) atoms. The monoisotopic (exact) mass is 277 g/mol. The van der Waals surface area contributed by atoms with Crippen LogP contribution in [0.2, 0.25) is 0 Å². The molecule has 0 fully saturated rings. The predicted molar refractivity (Wildman–Crippen MR) is 72.2 cm³/mol. The number of hydrogen-bond acceptors (Lipinski definition) is 4. The minimum absolute atomic E-state index is 0.0195. The van der Waals surface area contributed by atoms with Crippen LogP contribution in [0.1, 0.15) is 13.8 Å². The number of pyridine rings is 1. The summed E-state index contributed by atoms with van der Waals surface area (Å²) in [7, 11) is 1.49. The molecule has 0 unspecified atom stereocenters. The van der Waals surface area contributed by atoms with Crippen LogP contribution in [0.4, 0.5) is 10.5 Å². The van der Waals surface area contributed by atoms with Gasteiger partial charge >= 0.3 is 12.0 Å². The molecule has 0 aromatic carbocycles. The van der Waals surface area contributed by atoms with Gasteiger partial charge in [0.25, 0.3) is 5.91 Å². The number of anilines is 1. The lowest BCUT2D eigenvalue weighted by atomic mass is 10.1. The third-order valence-electron chi connectivity index (χ3n) is 2.80.